The van der Waals surface area contributed by atoms with E-state index < -0.39 is 26.8 Å². The summed E-state index contributed by atoms with van der Waals surface area (Å²) in [6.45, 7) is 8.13. The van der Waals surface area contributed by atoms with E-state index in [0.717, 1.165) is 75.4 Å². The molecular weight excluding hydrogens is 716 g/mol. The van der Waals surface area contributed by atoms with E-state index in [1.165, 1.54) is 21.7 Å². The normalized spacial score (nSPS) is 32.3. The number of carbonyl (C=O) groups is 1. The third-order valence-corrected chi connectivity index (χ3v) is 15.8. The molecule has 52 heavy (non-hydrogen) atoms. The molecule has 0 radical (unpaired) electrons. The molecule has 2 aromatic carbocycles. The zero-order valence-electron chi connectivity index (χ0n) is 30.3. The Hall–Kier alpha value is -2.96. The van der Waals surface area contributed by atoms with E-state index >= 15 is 0 Å². The molecule has 2 aliphatic carbocycles. The lowest BCUT2D eigenvalue weighted by Crippen LogP contribution is -2.57. The smallest absolute Gasteiger partial charge is 0.264 e. The topological polar surface area (TPSA) is 101 Å². The Morgan fingerprint density at radius 3 is 2.83 bits per heavy atom. The molecule has 5 aliphatic rings. The molecule has 1 saturated carbocycles. The molecule has 0 unspecified atom stereocenters. The number of fused-ring (bicyclic) bond motifs is 5. The van der Waals surface area contributed by atoms with Crippen LogP contribution in [-0.2, 0) is 39.6 Å². The number of anilines is 1. The highest BCUT2D eigenvalue weighted by atomic mass is 35.5. The number of thiazole rings is 1. The number of rotatable bonds is 3. The lowest BCUT2D eigenvalue weighted by Gasteiger charge is -2.52. The molecule has 1 spiro atoms. The number of nitrogens with zero attached hydrogens (tertiary/aromatic N) is 3. The van der Waals surface area contributed by atoms with Crippen LogP contribution in [0.25, 0.3) is 0 Å². The molecular formula is C40H49ClN4O5S2. The largest absolute Gasteiger partial charge is 0.490 e. The molecule has 9 nitrogen and oxygen atoms in total. The van der Waals surface area contributed by atoms with Gasteiger partial charge in [-0.25, -0.2) is 18.1 Å². The third-order valence-electron chi connectivity index (χ3n) is 12.8. The van der Waals surface area contributed by atoms with Gasteiger partial charge in [-0.1, -0.05) is 36.7 Å². The van der Waals surface area contributed by atoms with Crippen LogP contribution in [0, 0.1) is 17.8 Å². The average Bonchev–Trinajstić information content (AvgIpc) is 3.53. The maximum Gasteiger partial charge on any atom is 0.264 e. The fourth-order valence-corrected chi connectivity index (χ4v) is 11.8. The monoisotopic (exact) mass is 764 g/mol. The van der Waals surface area contributed by atoms with Crippen molar-refractivity contribution in [3.8, 4) is 5.75 Å². The van der Waals surface area contributed by atoms with Gasteiger partial charge in [-0.15, -0.1) is 11.3 Å². The Kier molecular flexibility index (Phi) is 9.72. The van der Waals surface area contributed by atoms with Crippen molar-refractivity contribution < 1.29 is 22.7 Å². The van der Waals surface area contributed by atoms with Crippen LogP contribution in [0.3, 0.4) is 0 Å². The molecule has 8 rings (SSSR count). The van der Waals surface area contributed by atoms with Crippen molar-refractivity contribution in [1.29, 1.82) is 0 Å². The van der Waals surface area contributed by atoms with Gasteiger partial charge in [-0.05, 0) is 105 Å². The van der Waals surface area contributed by atoms with Gasteiger partial charge in [0.15, 0.2) is 0 Å². The van der Waals surface area contributed by atoms with Crippen molar-refractivity contribution in [2.45, 2.75) is 81.6 Å². The Morgan fingerprint density at radius 2 is 2.02 bits per heavy atom. The summed E-state index contributed by atoms with van der Waals surface area (Å²) in [5.41, 5.74) is 6.01. The number of benzene rings is 2. The van der Waals surface area contributed by atoms with E-state index in [0.29, 0.717) is 36.8 Å². The number of aromatic nitrogens is 1. The number of ether oxygens (including phenoxy) is 2. The van der Waals surface area contributed by atoms with Crippen LogP contribution in [0.5, 0.6) is 5.75 Å². The van der Waals surface area contributed by atoms with Gasteiger partial charge < -0.3 is 14.4 Å². The molecule has 278 valence electrons. The highest BCUT2D eigenvalue weighted by Gasteiger charge is 2.50. The molecule has 1 aromatic heterocycles. The highest BCUT2D eigenvalue weighted by Crippen LogP contribution is 2.49. The highest BCUT2D eigenvalue weighted by molar-refractivity contribution is 7.90. The van der Waals surface area contributed by atoms with Gasteiger partial charge in [0.25, 0.3) is 5.91 Å². The number of allylic oxidation sites excluding steroid dienone is 1. The summed E-state index contributed by atoms with van der Waals surface area (Å²) in [5, 5.41) is -0.0378. The van der Waals surface area contributed by atoms with Crippen LogP contribution in [0.15, 0.2) is 54.1 Å². The van der Waals surface area contributed by atoms with Gasteiger partial charge in [0.2, 0.25) is 10.0 Å². The summed E-state index contributed by atoms with van der Waals surface area (Å²) >= 11 is 8.23. The first-order valence-electron chi connectivity index (χ1n) is 18.7. The minimum absolute atomic E-state index is 0.226. The number of aryl methyl sites for hydroxylation is 1. The quantitative estimate of drug-likeness (QED) is 0.292. The Bertz CT molecular complexity index is 1990. The number of hydrogen-bond acceptors (Lipinski definition) is 9. The number of hydrogen-bond donors (Lipinski definition) is 1. The molecule has 6 atom stereocenters. The maximum absolute atomic E-state index is 13.6. The molecule has 4 heterocycles. The summed E-state index contributed by atoms with van der Waals surface area (Å²) in [6, 6.07) is 11.6. The summed E-state index contributed by atoms with van der Waals surface area (Å²) in [4.78, 5) is 24.5. The van der Waals surface area contributed by atoms with Crippen LogP contribution in [0.2, 0.25) is 5.02 Å². The Labute approximate surface area is 316 Å². The van der Waals surface area contributed by atoms with Crippen molar-refractivity contribution in [1.82, 2.24) is 14.6 Å². The fraction of sp³-hybridized carbons (Fsp3) is 0.550. The second-order valence-electron chi connectivity index (χ2n) is 15.9. The molecule has 1 fully saturated rings. The number of nitrogens with one attached hydrogen (secondary N) is 1. The zero-order chi connectivity index (χ0) is 36.3. The van der Waals surface area contributed by atoms with Crippen molar-refractivity contribution in [2.24, 2.45) is 17.8 Å². The second-order valence-corrected chi connectivity index (χ2v) is 19.3. The van der Waals surface area contributed by atoms with E-state index in [2.05, 4.69) is 43.8 Å². The van der Waals surface area contributed by atoms with Crippen LogP contribution in [0.1, 0.15) is 78.0 Å². The predicted octanol–water partition coefficient (Wildman–Crippen LogP) is 6.78. The van der Waals surface area contributed by atoms with Gasteiger partial charge in [0, 0.05) is 67.1 Å². The summed E-state index contributed by atoms with van der Waals surface area (Å²) in [6.07, 6.45) is 10.9. The van der Waals surface area contributed by atoms with Crippen molar-refractivity contribution >= 4 is 44.6 Å². The summed E-state index contributed by atoms with van der Waals surface area (Å²) in [7, 11) is -2.12. The SMILES string of the molecule is CO[C@@]1(CN2CCc3ncsc3C2)/C=C\C[C@H](C)[C@@H](C)S(=O)(=O)NC(=O)c2ccc3c(c2)N(C[C@@H]2CC[C@H]21)C[C@@]1(CCCc2cc(Cl)ccc21)CO3. The predicted molar refractivity (Wildman–Crippen MR) is 206 cm³/mol. The first-order chi connectivity index (χ1) is 25.0. The van der Waals surface area contributed by atoms with Crippen molar-refractivity contribution in [3.05, 3.63) is 86.3 Å². The Morgan fingerprint density at radius 1 is 1.15 bits per heavy atom. The maximum atomic E-state index is 13.6. The minimum Gasteiger partial charge on any atom is -0.490 e. The van der Waals surface area contributed by atoms with Crippen LogP contribution < -0.4 is 14.4 Å². The molecule has 12 heteroatoms. The molecule has 3 aliphatic heterocycles. The van der Waals surface area contributed by atoms with Gasteiger partial charge >= 0.3 is 0 Å². The molecule has 1 N–H and O–H groups in total. The molecule has 2 bridgehead atoms. The standard InChI is InChI=1S/C40H49ClN4O5S2/c1-26-6-4-16-40(49-3,23-44-17-14-34-37(21-44)51-25-42-34)33-11-8-30(33)20-45-22-39(15-5-7-28-18-31(41)10-12-32(28)39)24-50-36-13-9-29(19-35(36)45)38(46)43-52(47,48)27(26)2/h4,9-10,12-13,16,18-19,25-27,30,33H,5-8,11,14-15,17,20-24H2,1-3H3,(H,43,46)/b16-4-/t26-,27+,30-,33+,39-,40+/m0/s1. The lowest BCUT2D eigenvalue weighted by atomic mass is 9.63. The second kappa shape index (κ2) is 14.0. The molecule has 0 saturated heterocycles. The average molecular weight is 765 g/mol. The number of amides is 1. The van der Waals surface area contributed by atoms with E-state index in [1.54, 1.807) is 24.3 Å². The van der Waals surface area contributed by atoms with Crippen molar-refractivity contribution in [2.75, 3.05) is 44.8 Å². The first kappa shape index (κ1) is 36.0. The fourth-order valence-electron chi connectivity index (χ4n) is 9.46. The molecule has 1 amide bonds. The number of halogens is 1. The van der Waals surface area contributed by atoms with Crippen LogP contribution in [0.4, 0.5) is 5.69 Å². The third kappa shape index (κ3) is 6.59. The molecule has 3 aromatic rings. The summed E-state index contributed by atoms with van der Waals surface area (Å²) < 4.78 is 43.0. The van der Waals surface area contributed by atoms with E-state index in [9.17, 15) is 13.2 Å². The Balaban J connectivity index is 1.20. The number of carbonyl (C=O) groups excluding carboxylic acids is 1. The number of sulfonamides is 1. The van der Waals surface area contributed by atoms with E-state index in [4.69, 9.17) is 21.1 Å². The van der Waals surface area contributed by atoms with Gasteiger partial charge in [0.1, 0.15) is 11.4 Å². The van der Waals surface area contributed by atoms with E-state index in [-0.39, 0.29) is 17.3 Å². The minimum atomic E-state index is -3.96. The number of methoxy groups -OCH3 is 1. The lowest BCUT2D eigenvalue weighted by molar-refractivity contribution is -0.0931. The first-order valence-corrected chi connectivity index (χ1v) is 21.5. The van der Waals surface area contributed by atoms with Gasteiger partial charge in [-0.2, -0.15) is 0 Å². The summed E-state index contributed by atoms with van der Waals surface area (Å²) in [5.74, 6) is 0.436. The van der Waals surface area contributed by atoms with Gasteiger partial charge in [-0.3, -0.25) is 9.69 Å². The zero-order valence-corrected chi connectivity index (χ0v) is 32.7. The van der Waals surface area contributed by atoms with Crippen molar-refractivity contribution in [3.63, 3.8) is 0 Å². The van der Waals surface area contributed by atoms with E-state index in [1.807, 2.05) is 37.7 Å². The van der Waals surface area contributed by atoms with Crippen LogP contribution in [-0.4, -0.2) is 75.0 Å². The van der Waals surface area contributed by atoms with Crippen LogP contribution >= 0.6 is 22.9 Å². The van der Waals surface area contributed by atoms with Gasteiger partial charge in [0.05, 0.1) is 28.7 Å².